The van der Waals surface area contributed by atoms with Crippen LogP contribution in [0, 0.1) is 0 Å². The highest BCUT2D eigenvalue weighted by Crippen LogP contribution is 2.43. The number of halogens is 1. The van der Waals surface area contributed by atoms with Crippen LogP contribution < -0.4 is 10.6 Å². The molecule has 6 heteroatoms. The Labute approximate surface area is 169 Å². The van der Waals surface area contributed by atoms with E-state index in [9.17, 15) is 0 Å². The van der Waals surface area contributed by atoms with Gasteiger partial charge in [0, 0.05) is 39.3 Å². The summed E-state index contributed by atoms with van der Waals surface area (Å²) in [5, 5.41) is 6.86. The SMILES string of the molecule is CN=C(NCCCOCCOC)NCC1(c2ccccc2)CCC1.I. The maximum Gasteiger partial charge on any atom is 0.191 e. The molecule has 0 heterocycles. The standard InChI is InChI=1S/C19H31N3O2.HI/c1-20-18(21-12-7-13-24-15-14-23-2)22-16-19(10-6-11-19)17-8-4-3-5-9-17;/h3-5,8-9H,6-7,10-16H2,1-2H3,(H2,20,21,22);1H. The first-order chi connectivity index (χ1) is 11.8. The van der Waals surface area contributed by atoms with Crippen molar-refractivity contribution in [2.24, 2.45) is 4.99 Å². The van der Waals surface area contributed by atoms with Gasteiger partial charge < -0.3 is 20.1 Å². The van der Waals surface area contributed by atoms with E-state index in [0.29, 0.717) is 13.2 Å². The zero-order valence-electron chi connectivity index (χ0n) is 15.4. The summed E-state index contributed by atoms with van der Waals surface area (Å²) in [6.07, 6.45) is 4.75. The molecular formula is C19H32IN3O2. The van der Waals surface area contributed by atoms with Gasteiger partial charge in [0.1, 0.15) is 0 Å². The lowest BCUT2D eigenvalue weighted by Crippen LogP contribution is -2.49. The molecule has 0 saturated heterocycles. The van der Waals surface area contributed by atoms with Gasteiger partial charge in [-0.1, -0.05) is 36.8 Å². The Morgan fingerprint density at radius 3 is 2.48 bits per heavy atom. The van der Waals surface area contributed by atoms with Crippen molar-refractivity contribution in [2.45, 2.75) is 31.1 Å². The van der Waals surface area contributed by atoms with Gasteiger partial charge in [-0.15, -0.1) is 24.0 Å². The molecule has 0 spiro atoms. The predicted molar refractivity (Wildman–Crippen MR) is 114 cm³/mol. The number of methoxy groups -OCH3 is 1. The molecule has 5 nitrogen and oxygen atoms in total. The highest BCUT2D eigenvalue weighted by molar-refractivity contribution is 14.0. The van der Waals surface area contributed by atoms with E-state index in [1.54, 1.807) is 7.11 Å². The van der Waals surface area contributed by atoms with Gasteiger partial charge in [-0.3, -0.25) is 4.99 Å². The van der Waals surface area contributed by atoms with Crippen LogP contribution in [0.4, 0.5) is 0 Å². The smallest absolute Gasteiger partial charge is 0.191 e. The normalized spacial score (nSPS) is 15.8. The summed E-state index contributed by atoms with van der Waals surface area (Å²) in [6.45, 7) is 3.83. The molecule has 1 aliphatic carbocycles. The third-order valence-electron chi connectivity index (χ3n) is 4.70. The number of ether oxygens (including phenoxy) is 2. The molecule has 1 saturated carbocycles. The van der Waals surface area contributed by atoms with Gasteiger partial charge >= 0.3 is 0 Å². The van der Waals surface area contributed by atoms with Gasteiger partial charge in [0.05, 0.1) is 13.2 Å². The quantitative estimate of drug-likeness (QED) is 0.244. The Morgan fingerprint density at radius 1 is 1.12 bits per heavy atom. The van der Waals surface area contributed by atoms with Crippen molar-refractivity contribution in [3.05, 3.63) is 35.9 Å². The summed E-state index contributed by atoms with van der Waals surface area (Å²) < 4.78 is 10.4. The first-order valence-corrected chi connectivity index (χ1v) is 8.87. The van der Waals surface area contributed by atoms with Crippen LogP contribution in [0.1, 0.15) is 31.2 Å². The molecule has 2 N–H and O–H groups in total. The first-order valence-electron chi connectivity index (χ1n) is 8.87. The number of nitrogens with zero attached hydrogens (tertiary/aromatic N) is 1. The molecule has 1 fully saturated rings. The Kier molecular flexibility index (Phi) is 11.1. The van der Waals surface area contributed by atoms with E-state index in [0.717, 1.165) is 32.1 Å². The molecular weight excluding hydrogens is 429 g/mol. The van der Waals surface area contributed by atoms with E-state index in [1.165, 1.54) is 24.8 Å². The van der Waals surface area contributed by atoms with Crippen molar-refractivity contribution >= 4 is 29.9 Å². The second kappa shape index (κ2) is 12.5. The lowest BCUT2D eigenvalue weighted by Gasteiger charge is -2.43. The molecule has 0 bridgehead atoms. The van der Waals surface area contributed by atoms with E-state index in [-0.39, 0.29) is 29.4 Å². The van der Waals surface area contributed by atoms with E-state index in [4.69, 9.17) is 9.47 Å². The van der Waals surface area contributed by atoms with E-state index < -0.39 is 0 Å². The molecule has 142 valence electrons. The minimum Gasteiger partial charge on any atom is -0.382 e. The third kappa shape index (κ3) is 7.11. The number of guanidine groups is 1. The van der Waals surface area contributed by atoms with Crippen LogP contribution in [-0.4, -0.2) is 53.0 Å². The maximum atomic E-state index is 5.46. The second-order valence-corrected chi connectivity index (χ2v) is 6.31. The number of aliphatic imine (C=N–C) groups is 1. The monoisotopic (exact) mass is 461 g/mol. The van der Waals surface area contributed by atoms with Crippen molar-refractivity contribution in [1.29, 1.82) is 0 Å². The van der Waals surface area contributed by atoms with E-state index >= 15 is 0 Å². The van der Waals surface area contributed by atoms with Crippen LogP contribution in [0.3, 0.4) is 0 Å². The average Bonchev–Trinajstić information content (AvgIpc) is 2.59. The topological polar surface area (TPSA) is 54.9 Å². The molecule has 0 atom stereocenters. The zero-order valence-corrected chi connectivity index (χ0v) is 17.8. The van der Waals surface area contributed by atoms with E-state index in [1.807, 2.05) is 7.05 Å². The minimum atomic E-state index is 0. The van der Waals surface area contributed by atoms with E-state index in [2.05, 4.69) is 46.0 Å². The number of hydrogen-bond donors (Lipinski definition) is 2. The molecule has 0 unspecified atom stereocenters. The summed E-state index contributed by atoms with van der Waals surface area (Å²) in [6, 6.07) is 10.8. The Bertz CT molecular complexity index is 493. The summed E-state index contributed by atoms with van der Waals surface area (Å²) in [7, 11) is 3.51. The highest BCUT2D eigenvalue weighted by atomic mass is 127. The summed E-state index contributed by atoms with van der Waals surface area (Å²) in [5.41, 5.74) is 1.70. The van der Waals surface area contributed by atoms with Gasteiger partial charge in [-0.2, -0.15) is 0 Å². The van der Waals surface area contributed by atoms with Gasteiger partial charge in [-0.05, 0) is 24.8 Å². The minimum absolute atomic E-state index is 0. The Morgan fingerprint density at radius 2 is 1.88 bits per heavy atom. The van der Waals surface area contributed by atoms with Gasteiger partial charge in [-0.25, -0.2) is 0 Å². The lowest BCUT2D eigenvalue weighted by atomic mass is 9.64. The zero-order chi connectivity index (χ0) is 17.1. The van der Waals surface area contributed by atoms with Gasteiger partial charge in [0.2, 0.25) is 0 Å². The second-order valence-electron chi connectivity index (χ2n) is 6.31. The number of hydrogen-bond acceptors (Lipinski definition) is 3. The van der Waals surface area contributed by atoms with Crippen LogP contribution in [0.2, 0.25) is 0 Å². The number of rotatable bonds is 10. The fourth-order valence-corrected chi connectivity index (χ4v) is 3.06. The number of nitrogens with one attached hydrogen (secondary N) is 2. The van der Waals surface area contributed by atoms with Crippen LogP contribution >= 0.6 is 24.0 Å². The molecule has 0 aromatic heterocycles. The molecule has 25 heavy (non-hydrogen) atoms. The average molecular weight is 461 g/mol. The molecule has 0 radical (unpaired) electrons. The van der Waals surface area contributed by atoms with Crippen molar-refractivity contribution in [2.75, 3.05) is 47.1 Å². The third-order valence-corrected chi connectivity index (χ3v) is 4.70. The van der Waals surface area contributed by atoms with Crippen LogP contribution in [0.25, 0.3) is 0 Å². The van der Waals surface area contributed by atoms with Crippen LogP contribution in [0.15, 0.2) is 35.3 Å². The lowest BCUT2D eigenvalue weighted by molar-refractivity contribution is 0.0698. The first kappa shape index (κ1) is 22.2. The summed E-state index contributed by atoms with van der Waals surface area (Å²) in [4.78, 5) is 4.32. The maximum absolute atomic E-state index is 5.46. The van der Waals surface area contributed by atoms with Crippen molar-refractivity contribution in [3.63, 3.8) is 0 Å². The fraction of sp³-hybridized carbons (Fsp3) is 0.632. The largest absolute Gasteiger partial charge is 0.382 e. The van der Waals surface area contributed by atoms with Crippen molar-refractivity contribution in [3.8, 4) is 0 Å². The molecule has 1 aromatic rings. The molecule has 1 aliphatic rings. The van der Waals surface area contributed by atoms with Gasteiger partial charge in [0.25, 0.3) is 0 Å². The van der Waals surface area contributed by atoms with Crippen LogP contribution in [0.5, 0.6) is 0 Å². The summed E-state index contributed by atoms with van der Waals surface area (Å²) in [5.74, 6) is 0.870. The highest BCUT2D eigenvalue weighted by Gasteiger charge is 2.38. The summed E-state index contributed by atoms with van der Waals surface area (Å²) >= 11 is 0. The fourth-order valence-electron chi connectivity index (χ4n) is 3.06. The van der Waals surface area contributed by atoms with Crippen molar-refractivity contribution in [1.82, 2.24) is 10.6 Å². The predicted octanol–water partition coefficient (Wildman–Crippen LogP) is 2.94. The Hall–Kier alpha value is -0.860. The van der Waals surface area contributed by atoms with Gasteiger partial charge in [0.15, 0.2) is 5.96 Å². The number of benzene rings is 1. The molecule has 1 aromatic carbocycles. The van der Waals surface area contributed by atoms with Crippen molar-refractivity contribution < 1.29 is 9.47 Å². The molecule has 0 aliphatic heterocycles. The Balaban J connectivity index is 0.00000312. The molecule has 0 amide bonds. The van der Waals surface area contributed by atoms with Crippen LogP contribution in [-0.2, 0) is 14.9 Å². The molecule has 2 rings (SSSR count).